The molecule has 0 heterocycles. The maximum Gasteiger partial charge on any atom is 0.175 e. The first kappa shape index (κ1) is 20.2. The molecule has 0 aliphatic heterocycles. The van der Waals surface area contributed by atoms with E-state index in [4.69, 9.17) is 9.47 Å². The Morgan fingerprint density at radius 1 is 1.00 bits per heavy atom. The number of hydrogen-bond acceptors (Lipinski definition) is 3. The molecule has 0 saturated carbocycles. The number of aryl methyl sites for hydroxylation is 1. The van der Waals surface area contributed by atoms with Crippen molar-refractivity contribution < 1.29 is 13.9 Å². The van der Waals surface area contributed by atoms with Crippen LogP contribution in [-0.4, -0.2) is 6.61 Å². The van der Waals surface area contributed by atoms with Crippen LogP contribution in [0.1, 0.15) is 23.6 Å². The van der Waals surface area contributed by atoms with Gasteiger partial charge in [0.25, 0.3) is 0 Å². The lowest BCUT2D eigenvalue weighted by molar-refractivity contribution is 0.264. The second kappa shape index (κ2) is 9.60. The minimum atomic E-state index is -0.282. The van der Waals surface area contributed by atoms with Gasteiger partial charge < -0.3 is 14.8 Å². The first-order valence-electron chi connectivity index (χ1n) is 9.18. The zero-order chi connectivity index (χ0) is 19.9. The lowest BCUT2D eigenvalue weighted by atomic mass is 10.1. The summed E-state index contributed by atoms with van der Waals surface area (Å²) in [6, 6.07) is 18.8. The zero-order valence-corrected chi connectivity index (χ0v) is 17.6. The van der Waals surface area contributed by atoms with Gasteiger partial charge in [0.1, 0.15) is 12.4 Å². The van der Waals surface area contributed by atoms with Crippen LogP contribution in [-0.2, 0) is 13.2 Å². The van der Waals surface area contributed by atoms with Gasteiger partial charge in [-0.25, -0.2) is 4.39 Å². The smallest absolute Gasteiger partial charge is 0.175 e. The number of anilines is 1. The Morgan fingerprint density at radius 3 is 2.46 bits per heavy atom. The highest BCUT2D eigenvalue weighted by atomic mass is 79.9. The zero-order valence-electron chi connectivity index (χ0n) is 16.0. The molecule has 1 N–H and O–H groups in total. The highest BCUT2D eigenvalue weighted by Crippen LogP contribution is 2.37. The van der Waals surface area contributed by atoms with E-state index in [9.17, 15) is 4.39 Å². The van der Waals surface area contributed by atoms with Gasteiger partial charge >= 0.3 is 0 Å². The third kappa shape index (κ3) is 5.26. The molecule has 0 saturated heterocycles. The van der Waals surface area contributed by atoms with Gasteiger partial charge in [0.2, 0.25) is 0 Å². The van der Waals surface area contributed by atoms with Gasteiger partial charge in [-0.15, -0.1) is 0 Å². The number of ether oxygens (including phenoxy) is 2. The summed E-state index contributed by atoms with van der Waals surface area (Å²) < 4.78 is 26.3. The second-order valence-corrected chi connectivity index (χ2v) is 7.29. The fourth-order valence-electron chi connectivity index (χ4n) is 2.77. The first-order chi connectivity index (χ1) is 13.6. The van der Waals surface area contributed by atoms with Crippen LogP contribution in [0.5, 0.6) is 11.5 Å². The van der Waals surface area contributed by atoms with E-state index < -0.39 is 0 Å². The van der Waals surface area contributed by atoms with Crippen LogP contribution in [0.3, 0.4) is 0 Å². The number of rotatable bonds is 8. The highest BCUT2D eigenvalue weighted by Gasteiger charge is 2.13. The molecule has 0 amide bonds. The Balaban J connectivity index is 1.75. The van der Waals surface area contributed by atoms with Crippen LogP contribution in [0.25, 0.3) is 0 Å². The molecule has 0 spiro atoms. The maximum atomic E-state index is 13.9. The number of benzene rings is 3. The number of nitrogens with one attached hydrogen (secondary N) is 1. The molecule has 146 valence electrons. The van der Waals surface area contributed by atoms with Crippen LogP contribution >= 0.6 is 15.9 Å². The molecule has 0 fully saturated rings. The second-order valence-electron chi connectivity index (χ2n) is 6.44. The highest BCUT2D eigenvalue weighted by molar-refractivity contribution is 9.10. The minimum absolute atomic E-state index is 0.131. The van der Waals surface area contributed by atoms with E-state index in [0.29, 0.717) is 30.2 Å². The fourth-order valence-corrected chi connectivity index (χ4v) is 3.37. The molecule has 0 bridgehead atoms. The van der Waals surface area contributed by atoms with Crippen molar-refractivity contribution in [2.75, 3.05) is 11.9 Å². The Kier molecular flexibility index (Phi) is 6.93. The molecule has 0 unspecified atom stereocenters. The number of halogens is 2. The predicted octanol–water partition coefficient (Wildman–Crippen LogP) is 6.49. The average molecular weight is 444 g/mol. The van der Waals surface area contributed by atoms with Crippen LogP contribution in [0.2, 0.25) is 0 Å². The molecule has 0 aliphatic carbocycles. The molecule has 3 aromatic carbocycles. The normalized spacial score (nSPS) is 10.6. The molecule has 0 aromatic heterocycles. The average Bonchev–Trinajstić information content (AvgIpc) is 2.68. The monoisotopic (exact) mass is 443 g/mol. The summed E-state index contributed by atoms with van der Waals surface area (Å²) in [5.41, 5.74) is 3.83. The summed E-state index contributed by atoms with van der Waals surface area (Å²) in [6.07, 6.45) is 0. The SMILES string of the molecule is CCOc1cc(CNc2ccc(C)cc2)cc(Br)c1OCc1ccccc1F. The molecule has 3 aromatic rings. The molecule has 5 heteroatoms. The van der Waals surface area contributed by atoms with Gasteiger partial charge in [-0.05, 0) is 65.7 Å². The van der Waals surface area contributed by atoms with Gasteiger partial charge in [0.15, 0.2) is 11.5 Å². The van der Waals surface area contributed by atoms with Gasteiger partial charge in [-0.3, -0.25) is 0 Å². The minimum Gasteiger partial charge on any atom is -0.490 e. The van der Waals surface area contributed by atoms with Crippen molar-refractivity contribution in [3.05, 3.63) is 87.6 Å². The van der Waals surface area contributed by atoms with E-state index in [2.05, 4.69) is 52.4 Å². The van der Waals surface area contributed by atoms with Gasteiger partial charge in [-0.2, -0.15) is 0 Å². The maximum absolute atomic E-state index is 13.9. The topological polar surface area (TPSA) is 30.5 Å². The summed E-state index contributed by atoms with van der Waals surface area (Å²) in [5, 5.41) is 3.40. The van der Waals surface area contributed by atoms with E-state index >= 15 is 0 Å². The van der Waals surface area contributed by atoms with Crippen LogP contribution < -0.4 is 14.8 Å². The van der Waals surface area contributed by atoms with Gasteiger partial charge in [0, 0.05) is 17.8 Å². The van der Waals surface area contributed by atoms with E-state index in [-0.39, 0.29) is 12.4 Å². The van der Waals surface area contributed by atoms with Crippen LogP contribution in [0.15, 0.2) is 65.1 Å². The lowest BCUT2D eigenvalue weighted by Crippen LogP contribution is -2.04. The van der Waals surface area contributed by atoms with Crippen LogP contribution in [0, 0.1) is 12.7 Å². The lowest BCUT2D eigenvalue weighted by Gasteiger charge is -2.16. The third-order valence-electron chi connectivity index (χ3n) is 4.25. The van der Waals surface area contributed by atoms with Crippen molar-refractivity contribution in [1.29, 1.82) is 0 Å². The third-order valence-corrected chi connectivity index (χ3v) is 4.84. The molecule has 0 atom stereocenters. The van der Waals surface area contributed by atoms with E-state index in [0.717, 1.165) is 15.7 Å². The molecule has 0 aliphatic rings. The first-order valence-corrected chi connectivity index (χ1v) is 9.98. The van der Waals surface area contributed by atoms with E-state index in [1.807, 2.05) is 19.1 Å². The molecular weight excluding hydrogens is 421 g/mol. The standard InChI is InChI=1S/C23H23BrFNO2/c1-3-27-22-13-17(14-26-19-10-8-16(2)9-11-19)12-20(24)23(22)28-15-18-6-4-5-7-21(18)25/h4-13,26H,3,14-15H2,1-2H3. The molecule has 3 nitrogen and oxygen atoms in total. The largest absolute Gasteiger partial charge is 0.490 e. The summed E-state index contributed by atoms with van der Waals surface area (Å²) in [6.45, 7) is 5.28. The Hall–Kier alpha value is -2.53. The van der Waals surface area contributed by atoms with Crippen molar-refractivity contribution in [2.45, 2.75) is 27.0 Å². The summed E-state index contributed by atoms with van der Waals surface area (Å²) in [7, 11) is 0. The Labute approximate surface area is 173 Å². The van der Waals surface area contributed by atoms with Crippen molar-refractivity contribution in [1.82, 2.24) is 0 Å². The molecule has 3 rings (SSSR count). The molecule has 0 radical (unpaired) electrons. The molecule has 28 heavy (non-hydrogen) atoms. The summed E-state index contributed by atoms with van der Waals surface area (Å²) >= 11 is 3.57. The summed E-state index contributed by atoms with van der Waals surface area (Å²) in [5.74, 6) is 0.925. The van der Waals surface area contributed by atoms with Crippen LogP contribution in [0.4, 0.5) is 10.1 Å². The Bertz CT molecular complexity index is 928. The van der Waals surface area contributed by atoms with E-state index in [1.165, 1.54) is 11.6 Å². The Morgan fingerprint density at radius 2 is 1.75 bits per heavy atom. The molecular formula is C23H23BrFNO2. The fraction of sp³-hybridized carbons (Fsp3) is 0.217. The predicted molar refractivity (Wildman–Crippen MR) is 115 cm³/mol. The van der Waals surface area contributed by atoms with Crippen molar-refractivity contribution in [3.63, 3.8) is 0 Å². The number of hydrogen-bond donors (Lipinski definition) is 1. The van der Waals surface area contributed by atoms with E-state index in [1.54, 1.807) is 18.2 Å². The van der Waals surface area contributed by atoms with Gasteiger partial charge in [-0.1, -0.05) is 35.9 Å². The van der Waals surface area contributed by atoms with Crippen molar-refractivity contribution in [3.8, 4) is 11.5 Å². The van der Waals surface area contributed by atoms with Gasteiger partial charge in [0.05, 0.1) is 11.1 Å². The quantitative estimate of drug-likeness (QED) is 0.431. The summed E-state index contributed by atoms with van der Waals surface area (Å²) in [4.78, 5) is 0. The van der Waals surface area contributed by atoms with Crippen molar-refractivity contribution >= 4 is 21.6 Å². The van der Waals surface area contributed by atoms with Crippen molar-refractivity contribution in [2.24, 2.45) is 0 Å².